The number of nitrogens with zero attached hydrogens (tertiary/aromatic N) is 1. The van der Waals surface area contributed by atoms with Crippen LogP contribution in [0.25, 0.3) is 0 Å². The van der Waals surface area contributed by atoms with E-state index in [4.69, 9.17) is 0 Å². The molecule has 3 heteroatoms. The molecule has 1 rings (SSSR count). The Morgan fingerprint density at radius 2 is 2.23 bits per heavy atom. The van der Waals surface area contributed by atoms with Gasteiger partial charge in [-0.05, 0) is 45.7 Å². The van der Waals surface area contributed by atoms with E-state index in [1.165, 1.54) is 5.56 Å². The molecule has 0 aromatic carbocycles. The Balaban J connectivity index is 2.09. The van der Waals surface area contributed by atoms with Crippen molar-refractivity contribution >= 4 is 0 Å². The first-order valence-corrected chi connectivity index (χ1v) is 4.80. The van der Waals surface area contributed by atoms with Gasteiger partial charge in [0.25, 0.3) is 0 Å². The van der Waals surface area contributed by atoms with Crippen LogP contribution in [0.5, 0.6) is 0 Å². The average Bonchev–Trinajstić information content (AvgIpc) is 2.48. The van der Waals surface area contributed by atoms with Crippen LogP contribution in [0.2, 0.25) is 0 Å². The molecule has 0 saturated heterocycles. The standard InChI is InChI=1S/C10H19N3/c1-10(2,3)11-6-4-5-9-7-12-13-8-9/h7-8,11H,4-6H2,1-3H3,(H,12,13). The van der Waals surface area contributed by atoms with E-state index in [2.05, 4.69) is 36.3 Å². The smallest absolute Gasteiger partial charge is 0.0519 e. The number of H-pyrrole nitrogens is 1. The number of aromatic nitrogens is 2. The Morgan fingerprint density at radius 1 is 1.46 bits per heavy atom. The van der Waals surface area contributed by atoms with Crippen LogP contribution in [-0.4, -0.2) is 22.3 Å². The van der Waals surface area contributed by atoms with Crippen molar-refractivity contribution in [1.29, 1.82) is 0 Å². The fourth-order valence-electron chi connectivity index (χ4n) is 1.17. The van der Waals surface area contributed by atoms with Gasteiger partial charge in [0.2, 0.25) is 0 Å². The second-order valence-electron chi connectivity index (χ2n) is 4.39. The third-order valence-corrected chi connectivity index (χ3v) is 1.85. The van der Waals surface area contributed by atoms with E-state index < -0.39 is 0 Å². The van der Waals surface area contributed by atoms with Gasteiger partial charge < -0.3 is 5.32 Å². The van der Waals surface area contributed by atoms with Crippen molar-refractivity contribution in [1.82, 2.24) is 15.5 Å². The van der Waals surface area contributed by atoms with Gasteiger partial charge >= 0.3 is 0 Å². The lowest BCUT2D eigenvalue weighted by molar-refractivity contribution is 0.422. The van der Waals surface area contributed by atoms with Crippen molar-refractivity contribution in [2.45, 2.75) is 39.2 Å². The van der Waals surface area contributed by atoms with Crippen LogP contribution in [0, 0.1) is 0 Å². The molecule has 0 aliphatic carbocycles. The second kappa shape index (κ2) is 4.42. The topological polar surface area (TPSA) is 40.7 Å². The van der Waals surface area contributed by atoms with Crippen molar-refractivity contribution in [3.05, 3.63) is 18.0 Å². The predicted molar refractivity (Wildman–Crippen MR) is 54.7 cm³/mol. The molecule has 1 aromatic rings. The number of hydrogen-bond acceptors (Lipinski definition) is 2. The molecule has 0 unspecified atom stereocenters. The highest BCUT2D eigenvalue weighted by Gasteiger charge is 2.06. The SMILES string of the molecule is CC(C)(C)NCCCc1cn[nH]c1. The quantitative estimate of drug-likeness (QED) is 0.694. The zero-order chi connectivity index (χ0) is 9.73. The Hall–Kier alpha value is -0.830. The minimum atomic E-state index is 0.233. The molecule has 0 atom stereocenters. The third-order valence-electron chi connectivity index (χ3n) is 1.85. The number of aromatic amines is 1. The molecule has 74 valence electrons. The molecule has 0 spiro atoms. The number of aryl methyl sites for hydroxylation is 1. The van der Waals surface area contributed by atoms with Crippen molar-refractivity contribution in [2.75, 3.05) is 6.54 Å². The van der Waals surface area contributed by atoms with Gasteiger partial charge in [0.05, 0.1) is 6.20 Å². The van der Waals surface area contributed by atoms with Crippen LogP contribution in [0.3, 0.4) is 0 Å². The van der Waals surface area contributed by atoms with Crippen molar-refractivity contribution in [3.63, 3.8) is 0 Å². The summed E-state index contributed by atoms with van der Waals surface area (Å²) in [6.07, 6.45) is 6.10. The summed E-state index contributed by atoms with van der Waals surface area (Å²) < 4.78 is 0. The van der Waals surface area contributed by atoms with Gasteiger partial charge in [0.1, 0.15) is 0 Å². The second-order valence-corrected chi connectivity index (χ2v) is 4.39. The van der Waals surface area contributed by atoms with Gasteiger partial charge in [0.15, 0.2) is 0 Å². The van der Waals surface area contributed by atoms with Crippen LogP contribution in [0.4, 0.5) is 0 Å². The summed E-state index contributed by atoms with van der Waals surface area (Å²) in [5.41, 5.74) is 1.52. The van der Waals surface area contributed by atoms with E-state index in [0.29, 0.717) is 0 Å². The first kappa shape index (κ1) is 10.3. The first-order valence-electron chi connectivity index (χ1n) is 4.80. The summed E-state index contributed by atoms with van der Waals surface area (Å²) >= 11 is 0. The van der Waals surface area contributed by atoms with Gasteiger partial charge in [-0.25, -0.2) is 0 Å². The molecule has 0 amide bonds. The zero-order valence-corrected chi connectivity index (χ0v) is 8.72. The molecule has 0 saturated carbocycles. The van der Waals surface area contributed by atoms with Crippen molar-refractivity contribution < 1.29 is 0 Å². The largest absolute Gasteiger partial charge is 0.312 e. The van der Waals surface area contributed by atoms with Gasteiger partial charge in [0, 0.05) is 11.7 Å². The first-order chi connectivity index (χ1) is 6.08. The molecule has 1 heterocycles. The molecule has 0 fully saturated rings. The summed E-state index contributed by atoms with van der Waals surface area (Å²) in [4.78, 5) is 0. The molecule has 13 heavy (non-hydrogen) atoms. The number of hydrogen-bond donors (Lipinski definition) is 2. The van der Waals surface area contributed by atoms with Crippen LogP contribution in [0.1, 0.15) is 32.8 Å². The third kappa shape index (κ3) is 4.68. The highest BCUT2D eigenvalue weighted by Crippen LogP contribution is 2.01. The van der Waals surface area contributed by atoms with E-state index in [1.807, 2.05) is 12.4 Å². The Labute approximate surface area is 79.9 Å². The lowest BCUT2D eigenvalue weighted by Crippen LogP contribution is -2.36. The predicted octanol–water partition coefficient (Wildman–Crippen LogP) is 1.73. The molecular formula is C10H19N3. The molecule has 0 bridgehead atoms. The summed E-state index contributed by atoms with van der Waals surface area (Å²) in [6.45, 7) is 7.62. The van der Waals surface area contributed by atoms with Gasteiger partial charge in [-0.2, -0.15) is 5.10 Å². The molecule has 2 N–H and O–H groups in total. The molecule has 1 aromatic heterocycles. The van der Waals surface area contributed by atoms with Crippen molar-refractivity contribution in [3.8, 4) is 0 Å². The van der Waals surface area contributed by atoms with E-state index in [1.54, 1.807) is 0 Å². The van der Waals surface area contributed by atoms with Crippen LogP contribution >= 0.6 is 0 Å². The minimum absolute atomic E-state index is 0.233. The Bertz CT molecular complexity index is 221. The molecule has 3 nitrogen and oxygen atoms in total. The lowest BCUT2D eigenvalue weighted by atomic mass is 10.1. The maximum atomic E-state index is 3.90. The molecule has 0 aliphatic rings. The fraction of sp³-hybridized carbons (Fsp3) is 0.700. The summed E-state index contributed by atoms with van der Waals surface area (Å²) in [6, 6.07) is 0. The van der Waals surface area contributed by atoms with E-state index >= 15 is 0 Å². The molecule has 0 radical (unpaired) electrons. The van der Waals surface area contributed by atoms with Gasteiger partial charge in [-0.15, -0.1) is 0 Å². The monoisotopic (exact) mass is 181 g/mol. The zero-order valence-electron chi connectivity index (χ0n) is 8.72. The van der Waals surface area contributed by atoms with E-state index in [9.17, 15) is 0 Å². The lowest BCUT2D eigenvalue weighted by Gasteiger charge is -2.20. The Kier molecular flexibility index (Phi) is 3.48. The highest BCUT2D eigenvalue weighted by molar-refractivity contribution is 5.02. The maximum absolute atomic E-state index is 3.90. The fourth-order valence-corrected chi connectivity index (χ4v) is 1.17. The molecular weight excluding hydrogens is 162 g/mol. The average molecular weight is 181 g/mol. The minimum Gasteiger partial charge on any atom is -0.312 e. The van der Waals surface area contributed by atoms with Gasteiger partial charge in [-0.3, -0.25) is 5.10 Å². The number of rotatable bonds is 4. The maximum Gasteiger partial charge on any atom is 0.0519 e. The van der Waals surface area contributed by atoms with Crippen molar-refractivity contribution in [2.24, 2.45) is 0 Å². The summed E-state index contributed by atoms with van der Waals surface area (Å²) in [5, 5.41) is 10.2. The van der Waals surface area contributed by atoms with Crippen LogP contribution in [-0.2, 0) is 6.42 Å². The Morgan fingerprint density at radius 3 is 2.77 bits per heavy atom. The summed E-state index contributed by atoms with van der Waals surface area (Å²) in [7, 11) is 0. The van der Waals surface area contributed by atoms with Gasteiger partial charge in [-0.1, -0.05) is 0 Å². The van der Waals surface area contributed by atoms with E-state index in [0.717, 1.165) is 19.4 Å². The van der Waals surface area contributed by atoms with Crippen LogP contribution in [0.15, 0.2) is 12.4 Å². The highest BCUT2D eigenvalue weighted by atomic mass is 15.1. The molecule has 0 aliphatic heterocycles. The van der Waals surface area contributed by atoms with Crippen LogP contribution < -0.4 is 5.32 Å². The van der Waals surface area contributed by atoms with E-state index in [-0.39, 0.29) is 5.54 Å². The normalized spacial score (nSPS) is 11.9. The summed E-state index contributed by atoms with van der Waals surface area (Å²) in [5.74, 6) is 0. The number of nitrogens with one attached hydrogen (secondary N) is 2.